The standard InChI is InChI=1S/C19H21Cl2N3O4S2/c1-13(2)22-7-9-23(10-8-22)30(27,28)19-12-15(24(25)26)4-6-17(19)29-18-11-14(20)3-5-16(18)21/h3-6,11-13H,7-10H2,1-2H3. The molecule has 3 rings (SSSR count). The Balaban J connectivity index is 2.00. The van der Waals surface area contributed by atoms with E-state index in [9.17, 15) is 18.5 Å². The largest absolute Gasteiger partial charge is 0.298 e. The van der Waals surface area contributed by atoms with Crippen LogP contribution in [-0.4, -0.2) is 54.8 Å². The molecule has 1 aliphatic heterocycles. The van der Waals surface area contributed by atoms with Crippen LogP contribution in [-0.2, 0) is 10.0 Å². The van der Waals surface area contributed by atoms with Crippen LogP contribution in [0.1, 0.15) is 13.8 Å². The number of sulfonamides is 1. The van der Waals surface area contributed by atoms with Crippen molar-refractivity contribution < 1.29 is 13.3 Å². The first-order chi connectivity index (χ1) is 14.1. The molecule has 0 aromatic heterocycles. The molecule has 1 heterocycles. The topological polar surface area (TPSA) is 83.8 Å². The summed E-state index contributed by atoms with van der Waals surface area (Å²) in [6.07, 6.45) is 0. The number of piperazine rings is 1. The number of non-ortho nitro benzene ring substituents is 1. The summed E-state index contributed by atoms with van der Waals surface area (Å²) in [7, 11) is -3.94. The summed E-state index contributed by atoms with van der Waals surface area (Å²) in [5, 5.41) is 12.2. The number of halogens is 2. The van der Waals surface area contributed by atoms with Gasteiger partial charge in [0.2, 0.25) is 10.0 Å². The van der Waals surface area contributed by atoms with Crippen molar-refractivity contribution in [2.24, 2.45) is 0 Å². The summed E-state index contributed by atoms with van der Waals surface area (Å²) in [5.41, 5.74) is -0.282. The highest BCUT2D eigenvalue weighted by Crippen LogP contribution is 2.40. The zero-order valence-electron chi connectivity index (χ0n) is 16.4. The highest BCUT2D eigenvalue weighted by Gasteiger charge is 2.32. The number of nitro benzene ring substituents is 1. The number of nitrogens with zero attached hydrogens (tertiary/aromatic N) is 3. The maximum Gasteiger partial charge on any atom is 0.270 e. The summed E-state index contributed by atoms with van der Waals surface area (Å²) < 4.78 is 28.2. The van der Waals surface area contributed by atoms with Crippen LogP contribution in [0, 0.1) is 10.1 Å². The normalized spacial score (nSPS) is 16.2. The minimum absolute atomic E-state index is 0.101. The molecule has 1 saturated heterocycles. The van der Waals surface area contributed by atoms with E-state index in [-0.39, 0.29) is 10.6 Å². The van der Waals surface area contributed by atoms with Crippen molar-refractivity contribution in [2.45, 2.75) is 34.6 Å². The van der Waals surface area contributed by atoms with Crippen LogP contribution < -0.4 is 0 Å². The average molecular weight is 490 g/mol. The van der Waals surface area contributed by atoms with Gasteiger partial charge in [-0.05, 0) is 38.1 Å². The highest BCUT2D eigenvalue weighted by molar-refractivity contribution is 8.00. The zero-order valence-corrected chi connectivity index (χ0v) is 19.6. The summed E-state index contributed by atoms with van der Waals surface area (Å²) >= 11 is 13.4. The molecule has 0 unspecified atom stereocenters. The van der Waals surface area contributed by atoms with E-state index < -0.39 is 14.9 Å². The van der Waals surface area contributed by atoms with E-state index in [0.29, 0.717) is 52.1 Å². The molecule has 0 N–H and O–H groups in total. The van der Waals surface area contributed by atoms with Crippen molar-refractivity contribution in [3.8, 4) is 0 Å². The van der Waals surface area contributed by atoms with Gasteiger partial charge < -0.3 is 0 Å². The minimum Gasteiger partial charge on any atom is -0.298 e. The van der Waals surface area contributed by atoms with E-state index >= 15 is 0 Å². The van der Waals surface area contributed by atoms with Crippen LogP contribution in [0.4, 0.5) is 5.69 Å². The Morgan fingerprint density at radius 3 is 2.30 bits per heavy atom. The zero-order chi connectivity index (χ0) is 22.1. The van der Waals surface area contributed by atoms with Crippen LogP contribution in [0.5, 0.6) is 0 Å². The molecule has 0 bridgehead atoms. The van der Waals surface area contributed by atoms with Gasteiger partial charge in [-0.3, -0.25) is 15.0 Å². The summed E-state index contributed by atoms with van der Waals surface area (Å²) in [6.45, 7) is 5.99. The van der Waals surface area contributed by atoms with Gasteiger partial charge in [-0.1, -0.05) is 35.0 Å². The van der Waals surface area contributed by atoms with E-state index in [2.05, 4.69) is 18.7 Å². The van der Waals surface area contributed by atoms with Gasteiger partial charge in [-0.15, -0.1) is 0 Å². The third-order valence-electron chi connectivity index (χ3n) is 4.87. The van der Waals surface area contributed by atoms with E-state index in [1.54, 1.807) is 18.2 Å². The lowest BCUT2D eigenvalue weighted by molar-refractivity contribution is -0.385. The Labute approximate surface area is 190 Å². The number of rotatable bonds is 6. The van der Waals surface area contributed by atoms with Crippen LogP contribution in [0.2, 0.25) is 10.0 Å². The van der Waals surface area contributed by atoms with Crippen molar-refractivity contribution in [1.29, 1.82) is 0 Å². The molecule has 7 nitrogen and oxygen atoms in total. The number of hydrogen-bond donors (Lipinski definition) is 0. The van der Waals surface area contributed by atoms with Gasteiger partial charge in [0, 0.05) is 59.2 Å². The molecule has 1 fully saturated rings. The molecule has 30 heavy (non-hydrogen) atoms. The molecule has 1 aliphatic rings. The van der Waals surface area contributed by atoms with Gasteiger partial charge in [0.1, 0.15) is 4.90 Å². The van der Waals surface area contributed by atoms with Gasteiger partial charge in [0.15, 0.2) is 0 Å². The molecular formula is C19H21Cl2N3O4S2. The molecule has 2 aromatic carbocycles. The van der Waals surface area contributed by atoms with Crippen LogP contribution in [0.25, 0.3) is 0 Å². The van der Waals surface area contributed by atoms with E-state index in [0.717, 1.165) is 17.8 Å². The fraction of sp³-hybridized carbons (Fsp3) is 0.368. The van der Waals surface area contributed by atoms with Crippen molar-refractivity contribution in [1.82, 2.24) is 9.21 Å². The van der Waals surface area contributed by atoms with Gasteiger partial charge in [-0.25, -0.2) is 8.42 Å². The van der Waals surface area contributed by atoms with E-state index in [4.69, 9.17) is 23.2 Å². The third-order valence-corrected chi connectivity index (χ3v) is 8.75. The Morgan fingerprint density at radius 2 is 1.70 bits per heavy atom. The molecule has 2 aromatic rings. The maximum absolute atomic E-state index is 13.4. The summed E-state index contributed by atoms with van der Waals surface area (Å²) in [6, 6.07) is 9.06. The predicted molar refractivity (Wildman–Crippen MR) is 119 cm³/mol. The van der Waals surface area contributed by atoms with Crippen molar-refractivity contribution in [2.75, 3.05) is 26.2 Å². The molecular weight excluding hydrogens is 469 g/mol. The fourth-order valence-electron chi connectivity index (χ4n) is 3.17. The Bertz CT molecular complexity index is 1060. The monoisotopic (exact) mass is 489 g/mol. The van der Waals surface area contributed by atoms with Crippen molar-refractivity contribution >= 4 is 50.7 Å². The van der Waals surface area contributed by atoms with E-state index in [1.807, 2.05) is 0 Å². The van der Waals surface area contributed by atoms with Gasteiger partial charge in [-0.2, -0.15) is 4.31 Å². The quantitative estimate of drug-likeness (QED) is 0.429. The summed E-state index contributed by atoms with van der Waals surface area (Å²) in [5.74, 6) is 0. The van der Waals surface area contributed by atoms with E-state index in [1.165, 1.54) is 16.4 Å². The second-order valence-corrected chi connectivity index (χ2v) is 10.9. The lowest BCUT2D eigenvalue weighted by Crippen LogP contribution is -2.50. The molecule has 0 radical (unpaired) electrons. The second kappa shape index (κ2) is 9.42. The van der Waals surface area contributed by atoms with Crippen LogP contribution >= 0.6 is 35.0 Å². The smallest absolute Gasteiger partial charge is 0.270 e. The first-order valence-corrected chi connectivity index (χ1v) is 12.3. The fourth-order valence-corrected chi connectivity index (χ4v) is 6.48. The maximum atomic E-state index is 13.4. The Kier molecular flexibility index (Phi) is 7.32. The van der Waals surface area contributed by atoms with Gasteiger partial charge >= 0.3 is 0 Å². The van der Waals surface area contributed by atoms with Crippen LogP contribution in [0.3, 0.4) is 0 Å². The Hall–Kier alpha value is -1.36. The molecule has 0 saturated carbocycles. The predicted octanol–water partition coefficient (Wildman–Crippen LogP) is 4.77. The SMILES string of the molecule is CC(C)N1CCN(S(=O)(=O)c2cc([N+](=O)[O-])ccc2Sc2cc(Cl)ccc2Cl)CC1. The lowest BCUT2D eigenvalue weighted by Gasteiger charge is -2.36. The third kappa shape index (κ3) is 5.09. The van der Waals surface area contributed by atoms with Crippen molar-refractivity contribution in [3.05, 3.63) is 56.6 Å². The molecule has 162 valence electrons. The van der Waals surface area contributed by atoms with Crippen LogP contribution in [0.15, 0.2) is 51.1 Å². The molecule has 0 aliphatic carbocycles. The molecule has 11 heteroatoms. The average Bonchev–Trinajstić information content (AvgIpc) is 2.70. The molecule has 0 spiro atoms. The van der Waals surface area contributed by atoms with Gasteiger partial charge in [0.05, 0.1) is 9.95 Å². The minimum atomic E-state index is -3.94. The number of benzene rings is 2. The molecule has 0 atom stereocenters. The second-order valence-electron chi connectivity index (χ2n) is 7.10. The van der Waals surface area contributed by atoms with Gasteiger partial charge in [0.25, 0.3) is 5.69 Å². The number of nitro groups is 1. The number of hydrogen-bond acceptors (Lipinski definition) is 6. The first kappa shape index (κ1) is 23.3. The highest BCUT2D eigenvalue weighted by atomic mass is 35.5. The molecule has 0 amide bonds. The summed E-state index contributed by atoms with van der Waals surface area (Å²) in [4.78, 5) is 13.7. The van der Waals surface area contributed by atoms with Crippen molar-refractivity contribution in [3.63, 3.8) is 0 Å². The lowest BCUT2D eigenvalue weighted by atomic mass is 10.3. The Morgan fingerprint density at radius 1 is 1.03 bits per heavy atom. The first-order valence-electron chi connectivity index (χ1n) is 9.25.